The number of nitrogens with one attached hydrogen (secondary N) is 2. The van der Waals surface area contributed by atoms with Gasteiger partial charge in [-0.05, 0) is 61.9 Å². The second-order valence-corrected chi connectivity index (χ2v) is 10.1. The molecule has 1 aromatic heterocycles. The quantitative estimate of drug-likeness (QED) is 0.414. The summed E-state index contributed by atoms with van der Waals surface area (Å²) in [7, 11) is 0. The minimum Gasteiger partial charge on any atom is -0.420 e. The first-order valence-electron chi connectivity index (χ1n) is 12.6. The summed E-state index contributed by atoms with van der Waals surface area (Å²) >= 11 is 4.81. The van der Waals surface area contributed by atoms with E-state index in [2.05, 4.69) is 25.2 Å². The van der Waals surface area contributed by atoms with Gasteiger partial charge in [-0.2, -0.15) is 5.10 Å². The maximum absolute atomic E-state index is 13.6. The number of benzene rings is 2. The zero-order chi connectivity index (χ0) is 27.7. The Balaban J connectivity index is 1.46. The summed E-state index contributed by atoms with van der Waals surface area (Å²) < 4.78 is 35.5. The first kappa shape index (κ1) is 26.9. The Hall–Kier alpha value is -3.70. The summed E-state index contributed by atoms with van der Waals surface area (Å²) in [6.07, 6.45) is 2.08. The van der Waals surface area contributed by atoms with Gasteiger partial charge in [-0.3, -0.25) is 14.7 Å². The minimum absolute atomic E-state index is 0.0173. The lowest BCUT2D eigenvalue weighted by atomic mass is 9.99. The predicted molar refractivity (Wildman–Crippen MR) is 142 cm³/mol. The van der Waals surface area contributed by atoms with E-state index >= 15 is 0 Å². The Morgan fingerprint density at radius 1 is 1.18 bits per heavy atom. The molecule has 2 aliphatic rings. The highest BCUT2D eigenvalue weighted by atomic mass is 35.5. The molecule has 12 heteroatoms. The van der Waals surface area contributed by atoms with E-state index in [1.807, 2.05) is 24.8 Å². The molecule has 1 atom stereocenters. The topological polar surface area (TPSA) is 99.8 Å². The number of alkyl halides is 3. The summed E-state index contributed by atoms with van der Waals surface area (Å²) in [5.74, 6) is -0.500. The average molecular weight is 560 g/mol. The van der Waals surface area contributed by atoms with Crippen molar-refractivity contribution in [2.45, 2.75) is 37.9 Å². The Morgan fingerprint density at radius 3 is 2.51 bits per heavy atom. The number of rotatable bonds is 7. The highest BCUT2D eigenvalue weighted by molar-refractivity contribution is 6.20. The van der Waals surface area contributed by atoms with E-state index in [9.17, 15) is 18.4 Å². The third kappa shape index (κ3) is 5.84. The van der Waals surface area contributed by atoms with Crippen molar-refractivity contribution < 1.29 is 27.8 Å². The van der Waals surface area contributed by atoms with Crippen LogP contribution in [0.5, 0.6) is 5.75 Å². The first-order valence-corrected chi connectivity index (χ1v) is 13.0. The fourth-order valence-corrected chi connectivity index (χ4v) is 5.21. The molecule has 39 heavy (non-hydrogen) atoms. The zero-order valence-corrected chi connectivity index (χ0v) is 22.2. The number of nitrogens with zero attached hydrogens (tertiary/aromatic N) is 3. The molecule has 1 fully saturated rings. The number of hydrogen-bond acceptors (Lipinski definition) is 6. The van der Waals surface area contributed by atoms with Gasteiger partial charge in [0.2, 0.25) is 5.91 Å². The van der Waals surface area contributed by atoms with E-state index in [1.165, 1.54) is 24.3 Å². The minimum atomic E-state index is -3.83. The van der Waals surface area contributed by atoms with Crippen molar-refractivity contribution in [3.63, 3.8) is 0 Å². The number of morpholine rings is 1. The largest absolute Gasteiger partial charge is 0.487 e. The Bertz CT molecular complexity index is 1340. The SMILES string of the molecule is CC(C)N1c2c(cc(C(=O)Nc3ccc(OC(F)(F)Cl)cc3)cc2-c2ccn[nH]2)CC1C(=O)N1CCOCC1. The van der Waals surface area contributed by atoms with Crippen molar-refractivity contribution in [1.29, 1.82) is 0 Å². The van der Waals surface area contributed by atoms with Gasteiger partial charge in [0.05, 0.1) is 24.6 Å². The van der Waals surface area contributed by atoms with E-state index in [1.54, 1.807) is 18.3 Å². The third-order valence-electron chi connectivity index (χ3n) is 6.76. The van der Waals surface area contributed by atoms with Gasteiger partial charge in [-0.25, -0.2) is 0 Å². The van der Waals surface area contributed by atoms with E-state index in [4.69, 9.17) is 16.3 Å². The summed E-state index contributed by atoms with van der Waals surface area (Å²) in [6.45, 7) is 6.20. The normalized spacial score (nSPS) is 17.3. The van der Waals surface area contributed by atoms with E-state index in [0.29, 0.717) is 44.0 Å². The average Bonchev–Trinajstić information content (AvgIpc) is 3.57. The van der Waals surface area contributed by atoms with Gasteiger partial charge < -0.3 is 24.6 Å². The maximum atomic E-state index is 13.6. The van der Waals surface area contributed by atoms with Gasteiger partial charge in [0.25, 0.3) is 5.91 Å². The number of aromatic amines is 1. The van der Waals surface area contributed by atoms with Crippen molar-refractivity contribution in [2.24, 2.45) is 0 Å². The van der Waals surface area contributed by atoms with E-state index in [0.717, 1.165) is 22.5 Å². The highest BCUT2D eigenvalue weighted by Gasteiger charge is 2.40. The van der Waals surface area contributed by atoms with Crippen LogP contribution in [-0.4, -0.2) is 70.9 Å². The second-order valence-electron chi connectivity index (χ2n) is 9.69. The lowest BCUT2D eigenvalue weighted by molar-refractivity contribution is -0.136. The van der Waals surface area contributed by atoms with Crippen LogP contribution in [0.4, 0.5) is 20.2 Å². The van der Waals surface area contributed by atoms with E-state index in [-0.39, 0.29) is 17.7 Å². The number of carbonyl (C=O) groups excluding carboxylic acids is 2. The van der Waals surface area contributed by atoms with Crippen molar-refractivity contribution in [1.82, 2.24) is 15.1 Å². The van der Waals surface area contributed by atoms with Crippen molar-refractivity contribution >= 4 is 34.8 Å². The Kier molecular flexibility index (Phi) is 7.46. The molecule has 0 saturated carbocycles. The van der Waals surface area contributed by atoms with Crippen LogP contribution in [0.15, 0.2) is 48.7 Å². The number of amides is 2. The number of hydrogen-bond donors (Lipinski definition) is 2. The van der Waals surface area contributed by atoms with Crippen LogP contribution in [0.2, 0.25) is 0 Å². The van der Waals surface area contributed by atoms with Crippen LogP contribution in [0, 0.1) is 0 Å². The predicted octanol–water partition coefficient (Wildman–Crippen LogP) is 4.50. The van der Waals surface area contributed by atoms with Gasteiger partial charge in [0.1, 0.15) is 11.8 Å². The molecule has 1 saturated heterocycles. The van der Waals surface area contributed by atoms with Gasteiger partial charge in [-0.15, -0.1) is 8.78 Å². The number of aromatic nitrogens is 2. The number of carbonyl (C=O) groups is 2. The molecule has 2 N–H and O–H groups in total. The number of halogens is 3. The fourth-order valence-electron chi connectivity index (χ4n) is 5.12. The molecule has 0 spiro atoms. The molecule has 3 aromatic rings. The summed E-state index contributed by atoms with van der Waals surface area (Å²) in [4.78, 5) is 30.9. The summed E-state index contributed by atoms with van der Waals surface area (Å²) in [6, 6.07) is 10.4. The Morgan fingerprint density at radius 2 is 1.90 bits per heavy atom. The molecule has 0 radical (unpaired) electrons. The molecule has 3 heterocycles. The molecule has 0 bridgehead atoms. The zero-order valence-electron chi connectivity index (χ0n) is 21.4. The lowest BCUT2D eigenvalue weighted by Gasteiger charge is -2.36. The first-order chi connectivity index (χ1) is 18.6. The number of fused-ring (bicyclic) bond motifs is 1. The number of ether oxygens (including phenoxy) is 2. The molecular formula is C27H28ClF2N5O4. The molecule has 5 rings (SSSR count). The molecule has 0 aliphatic carbocycles. The van der Waals surface area contributed by atoms with Crippen LogP contribution in [0.3, 0.4) is 0 Å². The van der Waals surface area contributed by atoms with Crippen LogP contribution in [0.25, 0.3) is 11.3 Å². The smallest absolute Gasteiger partial charge is 0.420 e. The molecule has 1 unspecified atom stereocenters. The third-order valence-corrected chi connectivity index (χ3v) is 6.84. The van der Waals surface area contributed by atoms with Crippen LogP contribution >= 0.6 is 11.6 Å². The van der Waals surface area contributed by atoms with Gasteiger partial charge >= 0.3 is 5.57 Å². The fraction of sp³-hybridized carbons (Fsp3) is 0.370. The van der Waals surface area contributed by atoms with Crippen molar-refractivity contribution in [2.75, 3.05) is 36.5 Å². The summed E-state index contributed by atoms with van der Waals surface area (Å²) in [5, 5.41) is 9.86. The van der Waals surface area contributed by atoms with Gasteiger partial charge in [0.15, 0.2) is 0 Å². The standard InChI is InChI=1S/C27H28ClF2N5O4/c1-16(2)35-23(26(37)34-9-11-38-12-10-34)15-17-13-18(14-21(24(17)35)22-7-8-31-33-22)25(36)32-19-3-5-20(6-4-19)39-27(28,29)30/h3-8,13-14,16,23H,9-12,15H2,1-2H3,(H,31,33)(H,32,36). The monoisotopic (exact) mass is 559 g/mol. The maximum Gasteiger partial charge on any atom is 0.487 e. The molecule has 2 aliphatic heterocycles. The molecule has 2 amide bonds. The van der Waals surface area contributed by atoms with Gasteiger partial charge in [0, 0.05) is 60.2 Å². The van der Waals surface area contributed by atoms with Crippen LogP contribution in [0.1, 0.15) is 29.8 Å². The Labute approximate surface area is 229 Å². The van der Waals surface area contributed by atoms with Crippen molar-refractivity contribution in [3.05, 3.63) is 59.8 Å². The summed E-state index contributed by atoms with van der Waals surface area (Å²) in [5.41, 5.74) is 0.181. The molecule has 9 nitrogen and oxygen atoms in total. The van der Waals surface area contributed by atoms with Crippen LogP contribution < -0.4 is 15.0 Å². The number of H-pyrrole nitrogens is 1. The lowest BCUT2D eigenvalue weighted by Crippen LogP contribution is -2.52. The van der Waals surface area contributed by atoms with Crippen LogP contribution in [-0.2, 0) is 16.0 Å². The van der Waals surface area contributed by atoms with E-state index < -0.39 is 17.5 Å². The molecule has 206 valence electrons. The number of anilines is 2. The van der Waals surface area contributed by atoms with Crippen molar-refractivity contribution in [3.8, 4) is 17.0 Å². The molecule has 2 aromatic carbocycles. The molecular weight excluding hydrogens is 532 g/mol. The van der Waals surface area contributed by atoms with Gasteiger partial charge in [-0.1, -0.05) is 0 Å². The second kappa shape index (κ2) is 10.8. The highest BCUT2D eigenvalue weighted by Crippen LogP contribution is 2.43.